The van der Waals surface area contributed by atoms with E-state index in [-0.39, 0.29) is 25.1 Å². The molecule has 3 nitrogen and oxygen atoms in total. The number of halogens is 4. The minimum Gasteiger partial charge on any atom is -0.370 e. The zero-order valence-corrected chi connectivity index (χ0v) is 9.54. The van der Waals surface area contributed by atoms with Gasteiger partial charge in [0.25, 0.3) is 0 Å². The Balaban J connectivity index is 1.96. The molecule has 2 N–H and O–H groups in total. The predicted octanol–water partition coefficient (Wildman–Crippen LogP) is 1.32. The molecule has 0 saturated carbocycles. The van der Waals surface area contributed by atoms with Gasteiger partial charge in [-0.15, -0.1) is 0 Å². The van der Waals surface area contributed by atoms with E-state index >= 15 is 0 Å². The van der Waals surface area contributed by atoms with Gasteiger partial charge in [-0.3, -0.25) is 4.90 Å². The number of likely N-dealkylation sites (tertiary alicyclic amines) is 1. The summed E-state index contributed by atoms with van der Waals surface area (Å²) in [5, 5.41) is 11.6. The van der Waals surface area contributed by atoms with Crippen molar-refractivity contribution in [2.45, 2.75) is 25.0 Å². The fourth-order valence-corrected chi connectivity index (χ4v) is 2.03. The number of hydrogen-bond donors (Lipinski definition) is 2. The van der Waals surface area contributed by atoms with Crippen LogP contribution in [-0.2, 0) is 0 Å². The van der Waals surface area contributed by atoms with Gasteiger partial charge in [-0.2, -0.15) is 13.2 Å². The second kappa shape index (κ2) is 4.89. The quantitative estimate of drug-likeness (QED) is 0.756. The summed E-state index contributed by atoms with van der Waals surface area (Å²) in [5.74, 6) is 0. The van der Waals surface area contributed by atoms with E-state index in [9.17, 15) is 17.6 Å². The Kier molecular flexibility index (Phi) is 3.63. The molecule has 0 aromatic carbocycles. The second-order valence-electron chi connectivity index (χ2n) is 4.47. The number of allylic oxidation sites excluding steroid dienone is 1. The van der Waals surface area contributed by atoms with Gasteiger partial charge in [0.1, 0.15) is 12.4 Å². The summed E-state index contributed by atoms with van der Waals surface area (Å²) in [6.07, 6.45) is -4.54. The molecule has 0 spiro atoms. The van der Waals surface area contributed by atoms with E-state index in [2.05, 4.69) is 5.32 Å². The highest BCUT2D eigenvalue weighted by molar-refractivity contribution is 5.37. The molecule has 0 amide bonds. The van der Waals surface area contributed by atoms with Crippen molar-refractivity contribution >= 4 is 0 Å². The standard InChI is InChI=1S/C11H14F4N2O/c12-8-5-17(6-8)2-1-7-4-16-10(18)3-9(7)11(13,14)15/h3-4,8,10,16,18H,1-2,5-6H2. The lowest BCUT2D eigenvalue weighted by molar-refractivity contribution is -0.0912. The first kappa shape index (κ1) is 13.4. The van der Waals surface area contributed by atoms with Crippen molar-refractivity contribution in [2.24, 2.45) is 0 Å². The maximum absolute atomic E-state index is 12.7. The first-order chi connectivity index (χ1) is 8.36. The summed E-state index contributed by atoms with van der Waals surface area (Å²) in [5.41, 5.74) is -0.721. The maximum Gasteiger partial charge on any atom is 0.416 e. The summed E-state index contributed by atoms with van der Waals surface area (Å²) < 4.78 is 50.7. The molecule has 2 aliphatic rings. The lowest BCUT2D eigenvalue weighted by atomic mass is 9.99. The van der Waals surface area contributed by atoms with E-state index in [0.717, 1.165) is 6.08 Å². The molecule has 2 rings (SSSR count). The van der Waals surface area contributed by atoms with Crippen molar-refractivity contribution in [1.82, 2.24) is 10.2 Å². The van der Waals surface area contributed by atoms with Gasteiger partial charge in [-0.1, -0.05) is 0 Å². The van der Waals surface area contributed by atoms with Crippen molar-refractivity contribution in [1.29, 1.82) is 0 Å². The summed E-state index contributed by atoms with van der Waals surface area (Å²) in [4.78, 5) is 1.75. The summed E-state index contributed by atoms with van der Waals surface area (Å²) >= 11 is 0. The van der Waals surface area contributed by atoms with Crippen LogP contribution in [0, 0.1) is 0 Å². The fourth-order valence-electron chi connectivity index (χ4n) is 2.03. The van der Waals surface area contributed by atoms with Crippen LogP contribution < -0.4 is 5.32 Å². The predicted molar refractivity (Wildman–Crippen MR) is 57.3 cm³/mol. The van der Waals surface area contributed by atoms with Gasteiger partial charge in [-0.25, -0.2) is 4.39 Å². The molecular formula is C11H14F4N2O. The zero-order valence-electron chi connectivity index (χ0n) is 9.54. The molecule has 1 fully saturated rings. The van der Waals surface area contributed by atoms with Crippen LogP contribution in [-0.4, -0.2) is 48.2 Å². The average Bonchev–Trinajstić information content (AvgIpc) is 2.23. The molecule has 1 saturated heterocycles. The number of nitrogens with one attached hydrogen (secondary N) is 1. The van der Waals surface area contributed by atoms with Gasteiger partial charge in [-0.05, 0) is 18.1 Å². The number of rotatable bonds is 3. The molecule has 0 aromatic rings. The van der Waals surface area contributed by atoms with Gasteiger partial charge < -0.3 is 10.4 Å². The Morgan fingerprint density at radius 3 is 2.61 bits per heavy atom. The van der Waals surface area contributed by atoms with E-state index in [1.165, 1.54) is 6.20 Å². The smallest absolute Gasteiger partial charge is 0.370 e. The first-order valence-electron chi connectivity index (χ1n) is 5.65. The first-order valence-corrected chi connectivity index (χ1v) is 5.65. The molecule has 0 radical (unpaired) electrons. The van der Waals surface area contributed by atoms with Crippen LogP contribution in [0.4, 0.5) is 17.6 Å². The largest absolute Gasteiger partial charge is 0.416 e. The normalized spacial score (nSPS) is 26.2. The second-order valence-corrected chi connectivity index (χ2v) is 4.47. The minimum atomic E-state index is -4.48. The van der Waals surface area contributed by atoms with E-state index in [0.29, 0.717) is 6.54 Å². The third-order valence-corrected chi connectivity index (χ3v) is 3.01. The number of alkyl halides is 4. The lowest BCUT2D eigenvalue weighted by Crippen LogP contribution is -2.48. The third kappa shape index (κ3) is 3.02. The van der Waals surface area contributed by atoms with Gasteiger partial charge in [0.05, 0.1) is 5.57 Å². The summed E-state index contributed by atoms with van der Waals surface area (Å²) in [7, 11) is 0. The van der Waals surface area contributed by atoms with E-state index in [1.54, 1.807) is 4.90 Å². The summed E-state index contributed by atoms with van der Waals surface area (Å²) in [6.45, 7) is 0.959. The van der Waals surface area contributed by atoms with Gasteiger partial charge in [0.15, 0.2) is 0 Å². The molecular weight excluding hydrogens is 252 g/mol. The summed E-state index contributed by atoms with van der Waals surface area (Å²) in [6, 6.07) is 0. The maximum atomic E-state index is 12.7. The van der Waals surface area contributed by atoms with Crippen LogP contribution in [0.5, 0.6) is 0 Å². The number of aliphatic hydroxyl groups is 1. The van der Waals surface area contributed by atoms with Crippen LogP contribution in [0.2, 0.25) is 0 Å². The number of nitrogens with zero attached hydrogens (tertiary/aromatic N) is 1. The Morgan fingerprint density at radius 1 is 1.39 bits per heavy atom. The Labute approximate surface area is 102 Å². The fraction of sp³-hybridized carbons (Fsp3) is 0.636. The molecule has 0 bridgehead atoms. The van der Waals surface area contributed by atoms with Crippen LogP contribution in [0.25, 0.3) is 0 Å². The molecule has 0 aromatic heterocycles. The molecule has 102 valence electrons. The SMILES string of the molecule is OC1C=C(C(F)(F)F)C(CCN2CC(F)C2)=CN1. The monoisotopic (exact) mass is 266 g/mol. The molecule has 7 heteroatoms. The molecule has 1 atom stereocenters. The Hall–Kier alpha value is -1.08. The van der Waals surface area contributed by atoms with Crippen LogP contribution >= 0.6 is 0 Å². The Morgan fingerprint density at radius 2 is 2.06 bits per heavy atom. The van der Waals surface area contributed by atoms with Crippen LogP contribution in [0.3, 0.4) is 0 Å². The van der Waals surface area contributed by atoms with Crippen molar-refractivity contribution < 1.29 is 22.7 Å². The van der Waals surface area contributed by atoms with Gasteiger partial charge in [0.2, 0.25) is 0 Å². The van der Waals surface area contributed by atoms with E-state index < -0.39 is 24.1 Å². The number of dihydropyridines is 1. The number of aliphatic hydroxyl groups excluding tert-OH is 1. The Bertz CT molecular complexity index is 372. The molecule has 0 aliphatic carbocycles. The van der Waals surface area contributed by atoms with E-state index in [1.807, 2.05) is 0 Å². The highest BCUT2D eigenvalue weighted by atomic mass is 19.4. The lowest BCUT2D eigenvalue weighted by Gasteiger charge is -2.35. The van der Waals surface area contributed by atoms with Crippen molar-refractivity contribution in [3.05, 3.63) is 23.4 Å². The number of hydrogen-bond acceptors (Lipinski definition) is 3. The van der Waals surface area contributed by atoms with Crippen molar-refractivity contribution in [2.75, 3.05) is 19.6 Å². The minimum absolute atomic E-state index is 0.0927. The zero-order chi connectivity index (χ0) is 13.3. The third-order valence-electron chi connectivity index (χ3n) is 3.01. The van der Waals surface area contributed by atoms with E-state index in [4.69, 9.17) is 5.11 Å². The average molecular weight is 266 g/mol. The molecule has 1 unspecified atom stereocenters. The van der Waals surface area contributed by atoms with Gasteiger partial charge >= 0.3 is 6.18 Å². The molecule has 2 heterocycles. The topological polar surface area (TPSA) is 35.5 Å². The van der Waals surface area contributed by atoms with Crippen LogP contribution in [0.1, 0.15) is 6.42 Å². The highest BCUT2D eigenvalue weighted by Crippen LogP contribution is 2.34. The highest BCUT2D eigenvalue weighted by Gasteiger charge is 2.38. The molecule has 18 heavy (non-hydrogen) atoms. The van der Waals surface area contributed by atoms with Crippen molar-refractivity contribution in [3.63, 3.8) is 0 Å². The van der Waals surface area contributed by atoms with Gasteiger partial charge in [0, 0.05) is 25.8 Å². The van der Waals surface area contributed by atoms with Crippen LogP contribution in [0.15, 0.2) is 23.4 Å². The van der Waals surface area contributed by atoms with Crippen molar-refractivity contribution in [3.8, 4) is 0 Å². The molecule has 2 aliphatic heterocycles.